The number of carbonyl (C=O) groups is 3. The summed E-state index contributed by atoms with van der Waals surface area (Å²) in [4.78, 5) is 38.7. The Morgan fingerprint density at radius 1 is 1.03 bits per heavy atom. The largest absolute Gasteiger partial charge is 0.461 e. The monoisotopic (exact) mass is 423 g/mol. The molecule has 0 unspecified atom stereocenters. The zero-order chi connectivity index (χ0) is 22.2. The Morgan fingerprint density at radius 3 is 2.45 bits per heavy atom. The van der Waals surface area contributed by atoms with E-state index in [1.165, 1.54) is 0 Å². The average Bonchev–Trinajstić information content (AvgIpc) is 2.97. The minimum Gasteiger partial charge on any atom is -0.461 e. The lowest BCUT2D eigenvalue weighted by atomic mass is 10.0. The van der Waals surface area contributed by atoms with Crippen LogP contribution in [0.2, 0.25) is 0 Å². The van der Waals surface area contributed by atoms with E-state index in [0.717, 1.165) is 37.2 Å². The standard InChI is InChI=1S/C24H29N3O4/c1-3-27(4-2)14-15-31-24(30)17-8-11-20(12-9-17)25-23(29)19-10-13-21-18(16-19)6-5-7-22(28)26-21/h8-13,16H,3-7,14-15H2,1-2H3,(H,25,29)(H,26,28). The summed E-state index contributed by atoms with van der Waals surface area (Å²) < 4.78 is 5.33. The third-order valence-corrected chi connectivity index (χ3v) is 5.41. The van der Waals surface area contributed by atoms with Crippen LogP contribution >= 0.6 is 0 Å². The Labute approximate surface area is 182 Å². The van der Waals surface area contributed by atoms with Crippen molar-refractivity contribution in [2.75, 3.05) is 36.9 Å². The van der Waals surface area contributed by atoms with Crippen LogP contribution in [-0.4, -0.2) is 48.9 Å². The minimum absolute atomic E-state index is 0.00243. The summed E-state index contributed by atoms with van der Waals surface area (Å²) in [7, 11) is 0. The van der Waals surface area contributed by atoms with Gasteiger partial charge in [-0.1, -0.05) is 13.8 Å². The maximum atomic E-state index is 12.6. The molecule has 0 atom stereocenters. The van der Waals surface area contributed by atoms with Crippen molar-refractivity contribution in [3.8, 4) is 0 Å². The number of hydrogen-bond acceptors (Lipinski definition) is 5. The zero-order valence-corrected chi connectivity index (χ0v) is 18.1. The van der Waals surface area contributed by atoms with Gasteiger partial charge in [-0.3, -0.25) is 9.59 Å². The first-order valence-electron chi connectivity index (χ1n) is 10.7. The van der Waals surface area contributed by atoms with Gasteiger partial charge >= 0.3 is 5.97 Å². The van der Waals surface area contributed by atoms with Gasteiger partial charge in [-0.05, 0) is 74.0 Å². The first-order chi connectivity index (χ1) is 15.0. The second-order valence-corrected chi connectivity index (χ2v) is 7.47. The number of nitrogens with one attached hydrogen (secondary N) is 2. The van der Waals surface area contributed by atoms with Crippen LogP contribution in [0.4, 0.5) is 11.4 Å². The van der Waals surface area contributed by atoms with E-state index in [9.17, 15) is 14.4 Å². The number of fused-ring (bicyclic) bond motifs is 1. The summed E-state index contributed by atoms with van der Waals surface area (Å²) >= 11 is 0. The third-order valence-electron chi connectivity index (χ3n) is 5.41. The molecule has 0 spiro atoms. The van der Waals surface area contributed by atoms with Gasteiger partial charge < -0.3 is 20.3 Å². The SMILES string of the molecule is CCN(CC)CCOC(=O)c1ccc(NC(=O)c2ccc3c(c2)CCCC(=O)N3)cc1. The first-order valence-corrected chi connectivity index (χ1v) is 10.7. The molecule has 0 aliphatic carbocycles. The fourth-order valence-corrected chi connectivity index (χ4v) is 3.50. The van der Waals surface area contributed by atoms with Gasteiger partial charge in [0, 0.05) is 29.9 Å². The van der Waals surface area contributed by atoms with Gasteiger partial charge in [0.1, 0.15) is 6.61 Å². The maximum absolute atomic E-state index is 12.6. The number of aryl methyl sites for hydroxylation is 1. The third kappa shape index (κ3) is 6.15. The minimum atomic E-state index is -0.377. The smallest absolute Gasteiger partial charge is 0.338 e. The Morgan fingerprint density at radius 2 is 1.74 bits per heavy atom. The molecule has 0 saturated carbocycles. The molecule has 7 heteroatoms. The van der Waals surface area contributed by atoms with E-state index in [4.69, 9.17) is 4.74 Å². The van der Waals surface area contributed by atoms with Gasteiger partial charge in [0.05, 0.1) is 5.56 Å². The second-order valence-electron chi connectivity index (χ2n) is 7.47. The Hall–Kier alpha value is -3.19. The van der Waals surface area contributed by atoms with Crippen molar-refractivity contribution in [3.05, 3.63) is 59.2 Å². The lowest BCUT2D eigenvalue weighted by Crippen LogP contribution is -2.27. The predicted octanol–water partition coefficient (Wildman–Crippen LogP) is 3.71. The molecule has 1 heterocycles. The molecule has 7 nitrogen and oxygen atoms in total. The number of hydrogen-bond donors (Lipinski definition) is 2. The van der Waals surface area contributed by atoms with E-state index < -0.39 is 0 Å². The molecule has 31 heavy (non-hydrogen) atoms. The number of likely N-dealkylation sites (N-methyl/N-ethyl adjacent to an activating group) is 1. The van der Waals surface area contributed by atoms with E-state index in [1.807, 2.05) is 6.07 Å². The van der Waals surface area contributed by atoms with Gasteiger partial charge in [-0.2, -0.15) is 0 Å². The molecule has 3 rings (SSSR count). The summed E-state index contributed by atoms with van der Waals surface area (Å²) in [6, 6.07) is 11.9. The van der Waals surface area contributed by atoms with Crippen LogP contribution in [0.3, 0.4) is 0 Å². The quantitative estimate of drug-likeness (QED) is 0.632. The molecule has 2 aromatic carbocycles. The number of benzene rings is 2. The van der Waals surface area contributed by atoms with Crippen molar-refractivity contribution < 1.29 is 19.1 Å². The highest BCUT2D eigenvalue weighted by Gasteiger charge is 2.15. The average molecular weight is 424 g/mol. The van der Waals surface area contributed by atoms with Gasteiger partial charge in [0.2, 0.25) is 5.91 Å². The second kappa shape index (κ2) is 10.7. The highest BCUT2D eigenvalue weighted by molar-refractivity contribution is 6.05. The molecule has 2 amide bonds. The van der Waals surface area contributed by atoms with E-state index in [2.05, 4.69) is 29.4 Å². The summed E-state index contributed by atoms with van der Waals surface area (Å²) in [6.07, 6.45) is 2.00. The fraction of sp³-hybridized carbons (Fsp3) is 0.375. The topological polar surface area (TPSA) is 87.7 Å². The van der Waals surface area contributed by atoms with Crippen molar-refractivity contribution in [2.45, 2.75) is 33.1 Å². The van der Waals surface area contributed by atoms with E-state index in [-0.39, 0.29) is 17.8 Å². The lowest BCUT2D eigenvalue weighted by Gasteiger charge is -2.17. The van der Waals surface area contributed by atoms with Gasteiger partial charge in [0.15, 0.2) is 0 Å². The number of amides is 2. The molecule has 1 aliphatic rings. The number of rotatable bonds is 8. The van der Waals surface area contributed by atoms with E-state index in [0.29, 0.717) is 36.4 Å². The normalized spacial score (nSPS) is 13.2. The highest BCUT2D eigenvalue weighted by atomic mass is 16.5. The predicted molar refractivity (Wildman–Crippen MR) is 120 cm³/mol. The molecule has 0 radical (unpaired) electrons. The molecule has 2 N–H and O–H groups in total. The summed E-state index contributed by atoms with van der Waals surface area (Å²) in [5.74, 6) is -0.617. The summed E-state index contributed by atoms with van der Waals surface area (Å²) in [5.41, 5.74) is 3.28. The van der Waals surface area contributed by atoms with Crippen LogP contribution in [0.15, 0.2) is 42.5 Å². The van der Waals surface area contributed by atoms with Crippen LogP contribution < -0.4 is 10.6 Å². The maximum Gasteiger partial charge on any atom is 0.338 e. The van der Waals surface area contributed by atoms with Crippen molar-refractivity contribution in [2.24, 2.45) is 0 Å². The molecule has 0 fully saturated rings. The van der Waals surface area contributed by atoms with Crippen molar-refractivity contribution in [3.63, 3.8) is 0 Å². The summed E-state index contributed by atoms with van der Waals surface area (Å²) in [5, 5.41) is 5.71. The van der Waals surface area contributed by atoms with Gasteiger partial charge in [0.25, 0.3) is 5.91 Å². The molecule has 1 aliphatic heterocycles. The molecule has 2 aromatic rings. The number of carbonyl (C=O) groups excluding carboxylic acids is 3. The number of nitrogens with zero attached hydrogens (tertiary/aromatic N) is 1. The molecular formula is C24H29N3O4. The molecule has 0 saturated heterocycles. The Kier molecular flexibility index (Phi) is 7.78. The van der Waals surface area contributed by atoms with Crippen molar-refractivity contribution in [1.82, 2.24) is 4.90 Å². The van der Waals surface area contributed by atoms with Gasteiger partial charge in [-0.25, -0.2) is 4.79 Å². The fourth-order valence-electron chi connectivity index (χ4n) is 3.50. The lowest BCUT2D eigenvalue weighted by molar-refractivity contribution is -0.116. The van der Waals surface area contributed by atoms with E-state index >= 15 is 0 Å². The number of ether oxygens (including phenoxy) is 1. The van der Waals surface area contributed by atoms with Crippen molar-refractivity contribution in [1.29, 1.82) is 0 Å². The Bertz CT molecular complexity index is 936. The van der Waals surface area contributed by atoms with Crippen LogP contribution in [-0.2, 0) is 16.0 Å². The first kappa shape index (κ1) is 22.5. The van der Waals surface area contributed by atoms with Crippen molar-refractivity contribution >= 4 is 29.2 Å². The molecule has 0 aromatic heterocycles. The van der Waals surface area contributed by atoms with E-state index in [1.54, 1.807) is 36.4 Å². The van der Waals surface area contributed by atoms with Crippen LogP contribution in [0, 0.1) is 0 Å². The molecule has 164 valence electrons. The van der Waals surface area contributed by atoms with Crippen LogP contribution in [0.25, 0.3) is 0 Å². The zero-order valence-electron chi connectivity index (χ0n) is 18.1. The van der Waals surface area contributed by atoms with Crippen LogP contribution in [0.5, 0.6) is 0 Å². The number of esters is 1. The van der Waals surface area contributed by atoms with Gasteiger partial charge in [-0.15, -0.1) is 0 Å². The number of anilines is 2. The molecular weight excluding hydrogens is 394 g/mol. The highest BCUT2D eigenvalue weighted by Crippen LogP contribution is 2.24. The Balaban J connectivity index is 1.57. The molecule has 0 bridgehead atoms. The summed E-state index contributed by atoms with van der Waals surface area (Å²) in [6.45, 7) is 7.03. The van der Waals surface area contributed by atoms with Crippen LogP contribution in [0.1, 0.15) is 53.0 Å².